The minimum Gasteiger partial charge on any atom is -0.507 e. The molecule has 0 bridgehead atoms. The molecule has 1 fully saturated rings. The summed E-state index contributed by atoms with van der Waals surface area (Å²) in [5.41, 5.74) is 0.741. The van der Waals surface area contributed by atoms with Gasteiger partial charge in [-0.2, -0.15) is 4.31 Å². The van der Waals surface area contributed by atoms with Gasteiger partial charge in [0.1, 0.15) is 28.9 Å². The van der Waals surface area contributed by atoms with Crippen LogP contribution in [0.3, 0.4) is 0 Å². The number of phenolic OH excluding ortho intramolecular Hbond substituents is 1. The molecule has 174 valence electrons. The van der Waals surface area contributed by atoms with Gasteiger partial charge in [0.15, 0.2) is 0 Å². The molecule has 32 heavy (non-hydrogen) atoms. The Morgan fingerprint density at radius 2 is 1.66 bits per heavy atom. The van der Waals surface area contributed by atoms with Gasteiger partial charge in [-0.3, -0.25) is 10.0 Å². The first-order chi connectivity index (χ1) is 15.0. The molecule has 3 rings (SSSR count). The van der Waals surface area contributed by atoms with E-state index < -0.39 is 38.5 Å². The molecule has 0 saturated carbocycles. The van der Waals surface area contributed by atoms with Crippen LogP contribution in [-0.2, 0) is 10.0 Å². The van der Waals surface area contributed by atoms with Crippen LogP contribution in [-0.4, -0.2) is 54.5 Å². The second kappa shape index (κ2) is 9.22. The number of piperidine rings is 1. The van der Waals surface area contributed by atoms with Crippen LogP contribution in [0.15, 0.2) is 47.4 Å². The molecule has 0 spiro atoms. The Labute approximate surface area is 181 Å². The van der Waals surface area contributed by atoms with Crippen molar-refractivity contribution in [2.75, 3.05) is 13.1 Å². The molecule has 0 aromatic heterocycles. The number of nitrogens with zero attached hydrogens (tertiary/aromatic N) is 1. The summed E-state index contributed by atoms with van der Waals surface area (Å²) in [6.07, 6.45) is -4.63. The zero-order valence-corrected chi connectivity index (χ0v) is 17.2. The van der Waals surface area contributed by atoms with Gasteiger partial charge < -0.3 is 14.6 Å². The van der Waals surface area contributed by atoms with E-state index >= 15 is 0 Å². The highest BCUT2D eigenvalue weighted by Crippen LogP contribution is 2.30. The fourth-order valence-corrected chi connectivity index (χ4v) is 4.94. The predicted molar refractivity (Wildman–Crippen MR) is 103 cm³/mol. The molecule has 1 saturated heterocycles. The number of carbonyl (C=O) groups is 1. The summed E-state index contributed by atoms with van der Waals surface area (Å²) in [4.78, 5) is 11.4. The standard InChI is InChI=1S/C19H19F3N2O7S/c20-19(21,22)31-14-6-4-12(5-7-14)30-13-8-10-24(11-9-13)32(28,29)16-3-1-2-15(25)17(16)18(26)23-27/h1-7,13,25,27H,8-11H2,(H,23,26). The van der Waals surface area contributed by atoms with E-state index in [1.165, 1.54) is 23.7 Å². The van der Waals surface area contributed by atoms with E-state index in [1.54, 1.807) is 0 Å². The fourth-order valence-electron chi connectivity index (χ4n) is 3.26. The molecule has 0 radical (unpaired) electrons. The average Bonchev–Trinajstić information content (AvgIpc) is 2.74. The van der Waals surface area contributed by atoms with E-state index in [0.29, 0.717) is 5.75 Å². The largest absolute Gasteiger partial charge is 0.573 e. The van der Waals surface area contributed by atoms with E-state index in [1.807, 2.05) is 0 Å². The number of hydrogen-bond donors (Lipinski definition) is 3. The van der Waals surface area contributed by atoms with Gasteiger partial charge >= 0.3 is 6.36 Å². The van der Waals surface area contributed by atoms with Gasteiger partial charge in [0.05, 0.1) is 4.90 Å². The highest BCUT2D eigenvalue weighted by atomic mass is 32.2. The molecule has 3 N–H and O–H groups in total. The highest BCUT2D eigenvalue weighted by Gasteiger charge is 2.34. The van der Waals surface area contributed by atoms with Gasteiger partial charge in [-0.25, -0.2) is 13.9 Å². The lowest BCUT2D eigenvalue weighted by atomic mass is 10.1. The molecule has 13 heteroatoms. The van der Waals surface area contributed by atoms with Crippen molar-refractivity contribution in [2.24, 2.45) is 0 Å². The molecule has 2 aromatic carbocycles. The lowest BCUT2D eigenvalue weighted by Gasteiger charge is -2.31. The van der Waals surface area contributed by atoms with Crippen LogP contribution in [0, 0.1) is 0 Å². The Bertz CT molecular complexity index is 1070. The number of hydroxylamine groups is 1. The van der Waals surface area contributed by atoms with Crippen LogP contribution in [0.1, 0.15) is 23.2 Å². The van der Waals surface area contributed by atoms with Crippen molar-refractivity contribution in [2.45, 2.75) is 30.2 Å². The molecule has 1 heterocycles. The fraction of sp³-hybridized carbons (Fsp3) is 0.316. The molecule has 0 atom stereocenters. The first-order valence-electron chi connectivity index (χ1n) is 9.30. The molecule has 0 aliphatic carbocycles. The van der Waals surface area contributed by atoms with Gasteiger partial charge in [-0.15, -0.1) is 13.2 Å². The second-order valence-corrected chi connectivity index (χ2v) is 8.74. The summed E-state index contributed by atoms with van der Waals surface area (Å²) in [6, 6.07) is 8.38. The maximum atomic E-state index is 13.0. The molecule has 1 aliphatic rings. The Kier molecular flexibility index (Phi) is 6.81. The van der Waals surface area contributed by atoms with Crippen LogP contribution in [0.4, 0.5) is 13.2 Å². The topological polar surface area (TPSA) is 125 Å². The summed E-state index contributed by atoms with van der Waals surface area (Å²) in [6.45, 7) is 0.0796. The number of aromatic hydroxyl groups is 1. The van der Waals surface area contributed by atoms with Crippen LogP contribution in [0.2, 0.25) is 0 Å². The van der Waals surface area contributed by atoms with Gasteiger partial charge in [0, 0.05) is 13.1 Å². The Hall–Kier alpha value is -3.03. The number of rotatable bonds is 6. The van der Waals surface area contributed by atoms with Crippen LogP contribution >= 0.6 is 0 Å². The monoisotopic (exact) mass is 476 g/mol. The van der Waals surface area contributed by atoms with Gasteiger partial charge in [-0.05, 0) is 49.2 Å². The van der Waals surface area contributed by atoms with Crippen LogP contribution in [0.25, 0.3) is 0 Å². The summed E-state index contributed by atoms with van der Waals surface area (Å²) in [7, 11) is -4.17. The van der Waals surface area contributed by atoms with E-state index in [9.17, 15) is 31.5 Å². The normalized spacial score (nSPS) is 15.9. The van der Waals surface area contributed by atoms with Gasteiger partial charge in [0.2, 0.25) is 10.0 Å². The van der Waals surface area contributed by atoms with Crippen molar-refractivity contribution in [1.82, 2.24) is 9.79 Å². The number of nitrogens with one attached hydrogen (secondary N) is 1. The lowest BCUT2D eigenvalue weighted by Crippen LogP contribution is -2.42. The maximum absolute atomic E-state index is 13.0. The van der Waals surface area contributed by atoms with Gasteiger partial charge in [0.25, 0.3) is 5.91 Å². The number of alkyl halides is 3. The third kappa shape index (κ3) is 5.41. The Morgan fingerprint density at radius 3 is 2.22 bits per heavy atom. The number of ether oxygens (including phenoxy) is 2. The molecular weight excluding hydrogens is 457 g/mol. The quantitative estimate of drug-likeness (QED) is 0.432. The van der Waals surface area contributed by atoms with Gasteiger partial charge in [-0.1, -0.05) is 6.07 Å². The van der Waals surface area contributed by atoms with Crippen molar-refractivity contribution in [1.29, 1.82) is 0 Å². The zero-order chi connectivity index (χ0) is 23.5. The van der Waals surface area contributed by atoms with Crippen molar-refractivity contribution in [3.8, 4) is 17.2 Å². The number of halogens is 3. The summed E-state index contributed by atoms with van der Waals surface area (Å²) < 4.78 is 73.3. The molecule has 0 unspecified atom stereocenters. The third-order valence-electron chi connectivity index (χ3n) is 4.71. The first kappa shape index (κ1) is 23.6. The molecule has 1 aliphatic heterocycles. The average molecular weight is 476 g/mol. The molecule has 2 aromatic rings. The Morgan fingerprint density at radius 1 is 1.06 bits per heavy atom. The zero-order valence-electron chi connectivity index (χ0n) is 16.4. The van der Waals surface area contributed by atoms with E-state index in [0.717, 1.165) is 28.6 Å². The number of carbonyl (C=O) groups excluding carboxylic acids is 1. The second-order valence-electron chi connectivity index (χ2n) is 6.83. The van der Waals surface area contributed by atoms with E-state index in [2.05, 4.69) is 4.74 Å². The molecule has 9 nitrogen and oxygen atoms in total. The summed E-state index contributed by atoms with van der Waals surface area (Å²) in [5.74, 6) is -1.86. The van der Waals surface area contributed by atoms with Crippen molar-refractivity contribution in [3.05, 3.63) is 48.0 Å². The lowest BCUT2D eigenvalue weighted by molar-refractivity contribution is -0.274. The molecular formula is C19H19F3N2O7S. The van der Waals surface area contributed by atoms with Crippen molar-refractivity contribution >= 4 is 15.9 Å². The maximum Gasteiger partial charge on any atom is 0.573 e. The highest BCUT2D eigenvalue weighted by molar-refractivity contribution is 7.89. The minimum absolute atomic E-state index is 0.0398. The number of amides is 1. The van der Waals surface area contributed by atoms with E-state index in [-0.39, 0.29) is 37.8 Å². The van der Waals surface area contributed by atoms with Crippen LogP contribution in [0.5, 0.6) is 17.2 Å². The first-order valence-corrected chi connectivity index (χ1v) is 10.7. The predicted octanol–water partition coefficient (Wildman–Crippen LogP) is 2.64. The molecule has 1 amide bonds. The van der Waals surface area contributed by atoms with Crippen molar-refractivity contribution < 1.29 is 46.2 Å². The Balaban J connectivity index is 1.66. The summed E-state index contributed by atoms with van der Waals surface area (Å²) in [5, 5.41) is 18.8. The van der Waals surface area contributed by atoms with E-state index in [4.69, 9.17) is 9.94 Å². The number of sulfonamides is 1. The smallest absolute Gasteiger partial charge is 0.507 e. The number of hydrogen-bond acceptors (Lipinski definition) is 7. The minimum atomic E-state index is -4.80. The summed E-state index contributed by atoms with van der Waals surface area (Å²) >= 11 is 0. The number of phenols is 1. The number of benzene rings is 2. The SMILES string of the molecule is O=C(NO)c1c(O)cccc1S(=O)(=O)N1CCC(Oc2ccc(OC(F)(F)F)cc2)CC1. The third-order valence-corrected chi connectivity index (χ3v) is 6.65. The van der Waals surface area contributed by atoms with Crippen LogP contribution < -0.4 is 15.0 Å². The van der Waals surface area contributed by atoms with Crippen molar-refractivity contribution in [3.63, 3.8) is 0 Å².